The summed E-state index contributed by atoms with van der Waals surface area (Å²) in [5.74, 6) is 0. The Morgan fingerprint density at radius 3 is 2.46 bits per heavy atom. The second kappa shape index (κ2) is 6.00. The van der Waals surface area contributed by atoms with Gasteiger partial charge in [-0.05, 0) is 24.1 Å². The number of alkyl halides is 1. The third kappa shape index (κ3) is 3.79. The minimum absolute atomic E-state index is 0.170. The van der Waals surface area contributed by atoms with E-state index in [1.807, 2.05) is 12.1 Å². The maximum atomic E-state index is 8.60. The third-order valence-electron chi connectivity index (χ3n) is 1.78. The molecule has 0 aromatic heterocycles. The number of halogens is 1. The van der Waals surface area contributed by atoms with Gasteiger partial charge in [-0.3, -0.25) is 0 Å². The molecule has 0 bridgehead atoms. The molecule has 3 heteroatoms. The molecule has 0 saturated carbocycles. The van der Waals surface area contributed by atoms with E-state index >= 15 is 0 Å². The van der Waals surface area contributed by atoms with Gasteiger partial charge in [0.2, 0.25) is 0 Å². The fourth-order valence-electron chi connectivity index (χ4n) is 1.10. The maximum absolute atomic E-state index is 8.60. The lowest BCUT2D eigenvalue weighted by molar-refractivity contribution is 0.311. The van der Waals surface area contributed by atoms with Crippen molar-refractivity contribution in [1.82, 2.24) is 0 Å². The first-order chi connectivity index (χ1) is 6.36. The summed E-state index contributed by atoms with van der Waals surface area (Å²) in [7, 11) is 0. The Hall–Kier alpha value is -0.540. The van der Waals surface area contributed by atoms with Gasteiger partial charge in [-0.15, -0.1) is 0 Å². The largest absolute Gasteiger partial charge is 0.395 e. The van der Waals surface area contributed by atoms with Crippen LogP contribution in [-0.2, 0) is 6.42 Å². The van der Waals surface area contributed by atoms with E-state index in [-0.39, 0.29) is 6.61 Å². The van der Waals surface area contributed by atoms with E-state index in [9.17, 15) is 0 Å². The van der Waals surface area contributed by atoms with Crippen LogP contribution in [0.4, 0.5) is 5.69 Å². The molecule has 0 spiro atoms. The van der Waals surface area contributed by atoms with E-state index in [0.29, 0.717) is 6.54 Å². The molecule has 1 rings (SSSR count). The summed E-state index contributed by atoms with van der Waals surface area (Å²) in [5.41, 5.74) is 2.39. The standard InChI is InChI=1S/C10H14BrNO/c11-6-5-9-1-3-10(4-2-9)12-7-8-13/h1-4,12-13H,5-8H2. The number of aryl methyl sites for hydroxylation is 1. The van der Waals surface area contributed by atoms with Crippen molar-refractivity contribution < 1.29 is 5.11 Å². The Balaban J connectivity index is 2.48. The molecule has 1 aromatic carbocycles. The van der Waals surface area contributed by atoms with E-state index < -0.39 is 0 Å². The van der Waals surface area contributed by atoms with Crippen LogP contribution in [0.1, 0.15) is 5.56 Å². The van der Waals surface area contributed by atoms with Crippen molar-refractivity contribution in [3.8, 4) is 0 Å². The molecule has 0 atom stereocenters. The van der Waals surface area contributed by atoms with Crippen molar-refractivity contribution in [2.75, 3.05) is 23.8 Å². The zero-order chi connectivity index (χ0) is 9.52. The maximum Gasteiger partial charge on any atom is 0.0604 e. The lowest BCUT2D eigenvalue weighted by atomic mass is 10.1. The topological polar surface area (TPSA) is 32.3 Å². The fourth-order valence-corrected chi connectivity index (χ4v) is 1.56. The highest BCUT2D eigenvalue weighted by Gasteiger charge is 1.92. The van der Waals surface area contributed by atoms with Crippen molar-refractivity contribution in [2.45, 2.75) is 6.42 Å². The molecule has 13 heavy (non-hydrogen) atoms. The molecule has 0 radical (unpaired) electrons. The first-order valence-electron chi connectivity index (χ1n) is 4.36. The molecule has 0 aliphatic rings. The van der Waals surface area contributed by atoms with Crippen molar-refractivity contribution in [1.29, 1.82) is 0 Å². The quantitative estimate of drug-likeness (QED) is 0.777. The minimum atomic E-state index is 0.170. The Bertz CT molecular complexity index is 235. The summed E-state index contributed by atoms with van der Waals surface area (Å²) in [5, 5.41) is 12.7. The van der Waals surface area contributed by atoms with Gasteiger partial charge in [-0.1, -0.05) is 28.1 Å². The highest BCUT2D eigenvalue weighted by atomic mass is 79.9. The zero-order valence-electron chi connectivity index (χ0n) is 7.46. The molecular weight excluding hydrogens is 230 g/mol. The monoisotopic (exact) mass is 243 g/mol. The van der Waals surface area contributed by atoms with Crippen molar-refractivity contribution >= 4 is 21.6 Å². The smallest absolute Gasteiger partial charge is 0.0604 e. The van der Waals surface area contributed by atoms with E-state index in [2.05, 4.69) is 33.4 Å². The Labute approximate surface area is 87.1 Å². The van der Waals surface area contributed by atoms with Crippen LogP contribution >= 0.6 is 15.9 Å². The first-order valence-corrected chi connectivity index (χ1v) is 5.48. The SMILES string of the molecule is OCCNc1ccc(CCBr)cc1. The number of nitrogens with one attached hydrogen (secondary N) is 1. The lowest BCUT2D eigenvalue weighted by Gasteiger charge is -2.04. The average Bonchev–Trinajstić information content (AvgIpc) is 2.17. The van der Waals surface area contributed by atoms with Crippen molar-refractivity contribution in [2.24, 2.45) is 0 Å². The molecule has 0 aliphatic carbocycles. The summed E-state index contributed by atoms with van der Waals surface area (Å²) in [6.45, 7) is 0.779. The van der Waals surface area contributed by atoms with Crippen LogP contribution in [0.15, 0.2) is 24.3 Å². The summed E-state index contributed by atoms with van der Waals surface area (Å²) in [6, 6.07) is 8.27. The predicted molar refractivity (Wildman–Crippen MR) is 59.5 cm³/mol. The molecule has 0 unspecified atom stereocenters. The van der Waals surface area contributed by atoms with Crippen LogP contribution in [0.5, 0.6) is 0 Å². The second-order valence-corrected chi connectivity index (χ2v) is 3.58. The van der Waals surface area contributed by atoms with Crippen molar-refractivity contribution in [3.05, 3.63) is 29.8 Å². The van der Waals surface area contributed by atoms with Crippen molar-refractivity contribution in [3.63, 3.8) is 0 Å². The molecule has 1 aromatic rings. The van der Waals surface area contributed by atoms with Gasteiger partial charge in [0.05, 0.1) is 6.61 Å². The van der Waals surface area contributed by atoms with Gasteiger partial charge in [-0.2, -0.15) is 0 Å². The number of hydrogen-bond acceptors (Lipinski definition) is 2. The Morgan fingerprint density at radius 1 is 1.23 bits per heavy atom. The van der Waals surface area contributed by atoms with Gasteiger partial charge in [0.15, 0.2) is 0 Å². The van der Waals surface area contributed by atoms with Gasteiger partial charge in [0.1, 0.15) is 0 Å². The number of hydrogen-bond donors (Lipinski definition) is 2. The second-order valence-electron chi connectivity index (χ2n) is 2.79. The van der Waals surface area contributed by atoms with E-state index in [4.69, 9.17) is 5.11 Å². The van der Waals surface area contributed by atoms with Crippen LogP contribution < -0.4 is 5.32 Å². The van der Waals surface area contributed by atoms with Crippen LogP contribution in [0, 0.1) is 0 Å². The molecule has 72 valence electrons. The summed E-state index contributed by atoms with van der Waals surface area (Å²) in [4.78, 5) is 0. The van der Waals surface area contributed by atoms with Gasteiger partial charge >= 0.3 is 0 Å². The van der Waals surface area contributed by atoms with E-state index in [1.54, 1.807) is 0 Å². The molecule has 0 saturated heterocycles. The third-order valence-corrected chi connectivity index (χ3v) is 2.17. The fraction of sp³-hybridized carbons (Fsp3) is 0.400. The number of anilines is 1. The van der Waals surface area contributed by atoms with Gasteiger partial charge in [0, 0.05) is 17.6 Å². The highest BCUT2D eigenvalue weighted by Crippen LogP contribution is 2.10. The summed E-state index contributed by atoms with van der Waals surface area (Å²) in [6.07, 6.45) is 1.06. The molecule has 0 heterocycles. The zero-order valence-corrected chi connectivity index (χ0v) is 9.05. The van der Waals surface area contributed by atoms with E-state index in [0.717, 1.165) is 17.4 Å². The van der Waals surface area contributed by atoms with Crippen LogP contribution in [-0.4, -0.2) is 23.6 Å². The Morgan fingerprint density at radius 2 is 1.92 bits per heavy atom. The lowest BCUT2D eigenvalue weighted by Crippen LogP contribution is -2.05. The number of benzene rings is 1. The molecule has 2 nitrogen and oxygen atoms in total. The minimum Gasteiger partial charge on any atom is -0.395 e. The molecule has 2 N–H and O–H groups in total. The van der Waals surface area contributed by atoms with Gasteiger partial charge in [0.25, 0.3) is 0 Å². The normalized spacial score (nSPS) is 10.0. The Kier molecular flexibility index (Phi) is 4.86. The number of aliphatic hydroxyl groups excluding tert-OH is 1. The number of aliphatic hydroxyl groups is 1. The molecule has 0 amide bonds. The highest BCUT2D eigenvalue weighted by molar-refractivity contribution is 9.09. The van der Waals surface area contributed by atoms with E-state index in [1.165, 1.54) is 5.56 Å². The summed E-state index contributed by atoms with van der Waals surface area (Å²) < 4.78 is 0. The first kappa shape index (κ1) is 10.5. The van der Waals surface area contributed by atoms with Gasteiger partial charge < -0.3 is 10.4 Å². The van der Waals surface area contributed by atoms with Crippen LogP contribution in [0.25, 0.3) is 0 Å². The summed E-state index contributed by atoms with van der Waals surface area (Å²) >= 11 is 3.40. The molecule has 0 fully saturated rings. The molecule has 0 aliphatic heterocycles. The number of rotatable bonds is 5. The van der Waals surface area contributed by atoms with Crippen LogP contribution in [0.2, 0.25) is 0 Å². The predicted octanol–water partition coefficient (Wildman–Crippen LogP) is 2.03. The average molecular weight is 244 g/mol. The molecular formula is C10H14BrNO. The van der Waals surface area contributed by atoms with Gasteiger partial charge in [-0.25, -0.2) is 0 Å². The van der Waals surface area contributed by atoms with Crippen LogP contribution in [0.3, 0.4) is 0 Å².